The zero-order chi connectivity index (χ0) is 15.2. The predicted molar refractivity (Wildman–Crippen MR) is 78.3 cm³/mol. The van der Waals surface area contributed by atoms with Crippen LogP contribution in [-0.2, 0) is 6.42 Å². The van der Waals surface area contributed by atoms with E-state index in [1.165, 1.54) is 36.0 Å². The lowest BCUT2D eigenvalue weighted by Gasteiger charge is -2.16. The van der Waals surface area contributed by atoms with Gasteiger partial charge in [0.25, 0.3) is 0 Å². The Kier molecular flexibility index (Phi) is 5.67. The minimum Gasteiger partial charge on any atom is -0.271 e. The number of rotatable bonds is 6. The number of benzene rings is 2. The van der Waals surface area contributed by atoms with Gasteiger partial charge in [0.1, 0.15) is 5.82 Å². The van der Waals surface area contributed by atoms with E-state index in [0.717, 1.165) is 11.0 Å². The Hall–Kier alpha value is -1.50. The molecule has 0 aliphatic heterocycles. The zero-order valence-corrected chi connectivity index (χ0v) is 12.0. The molecule has 0 aliphatic carbocycles. The maximum Gasteiger partial charge on any atom is 0.162 e. The van der Waals surface area contributed by atoms with Crippen LogP contribution in [-0.4, -0.2) is 11.8 Å². The van der Waals surface area contributed by atoms with Crippen molar-refractivity contribution in [2.24, 2.45) is 5.84 Å². The molecule has 0 saturated carbocycles. The summed E-state index contributed by atoms with van der Waals surface area (Å²) in [6, 6.07) is 9.93. The molecule has 2 aromatic carbocycles. The average Bonchev–Trinajstić information content (AvgIpc) is 2.49. The molecular weight excluding hydrogens is 297 g/mol. The minimum absolute atomic E-state index is 0.226. The van der Waals surface area contributed by atoms with Gasteiger partial charge >= 0.3 is 0 Å². The number of hydrogen-bond acceptors (Lipinski definition) is 3. The lowest BCUT2D eigenvalue weighted by molar-refractivity contribution is 0.486. The number of hydrazine groups is 1. The van der Waals surface area contributed by atoms with Crippen LogP contribution in [0.5, 0.6) is 0 Å². The van der Waals surface area contributed by atoms with Gasteiger partial charge in [-0.15, -0.1) is 11.8 Å². The Morgan fingerprint density at radius 1 is 1.05 bits per heavy atom. The largest absolute Gasteiger partial charge is 0.271 e. The predicted octanol–water partition coefficient (Wildman–Crippen LogP) is 3.27. The molecule has 0 bridgehead atoms. The minimum atomic E-state index is -0.866. The van der Waals surface area contributed by atoms with Gasteiger partial charge in [-0.2, -0.15) is 0 Å². The van der Waals surface area contributed by atoms with Gasteiger partial charge in [-0.05, 0) is 42.3 Å². The molecule has 1 atom stereocenters. The SMILES string of the molecule is NNC(CSc1ccc(F)cc1)Cc1cccc(F)c1F. The summed E-state index contributed by atoms with van der Waals surface area (Å²) >= 11 is 1.47. The maximum absolute atomic E-state index is 13.6. The van der Waals surface area contributed by atoms with Crippen molar-refractivity contribution in [2.75, 3.05) is 5.75 Å². The van der Waals surface area contributed by atoms with Crippen LogP contribution in [0, 0.1) is 17.5 Å². The smallest absolute Gasteiger partial charge is 0.162 e. The van der Waals surface area contributed by atoms with Gasteiger partial charge in [0.05, 0.1) is 0 Å². The fraction of sp³-hybridized carbons (Fsp3) is 0.200. The van der Waals surface area contributed by atoms with E-state index in [1.807, 2.05) is 0 Å². The van der Waals surface area contributed by atoms with E-state index >= 15 is 0 Å². The Bertz CT molecular complexity index is 590. The molecule has 0 aliphatic rings. The van der Waals surface area contributed by atoms with Crippen molar-refractivity contribution < 1.29 is 13.2 Å². The van der Waals surface area contributed by atoms with E-state index in [4.69, 9.17) is 5.84 Å². The van der Waals surface area contributed by atoms with Crippen LogP contribution in [0.1, 0.15) is 5.56 Å². The van der Waals surface area contributed by atoms with Gasteiger partial charge in [-0.25, -0.2) is 13.2 Å². The van der Waals surface area contributed by atoms with Crippen LogP contribution in [0.2, 0.25) is 0 Å². The number of halogens is 3. The first kappa shape index (κ1) is 15.9. The van der Waals surface area contributed by atoms with Crippen molar-refractivity contribution >= 4 is 11.8 Å². The molecule has 2 aromatic rings. The number of nitrogens with one attached hydrogen (secondary N) is 1. The van der Waals surface area contributed by atoms with Crippen LogP contribution in [0.3, 0.4) is 0 Å². The molecule has 0 fully saturated rings. The van der Waals surface area contributed by atoms with Gasteiger partial charge in [0, 0.05) is 16.7 Å². The Morgan fingerprint density at radius 2 is 1.76 bits per heavy atom. The fourth-order valence-electron chi connectivity index (χ4n) is 1.87. The van der Waals surface area contributed by atoms with E-state index in [-0.39, 0.29) is 23.8 Å². The molecule has 6 heteroatoms. The molecule has 1 unspecified atom stereocenters. The van der Waals surface area contributed by atoms with Crippen LogP contribution in [0.25, 0.3) is 0 Å². The molecule has 0 heterocycles. The first-order valence-electron chi connectivity index (χ1n) is 6.37. The van der Waals surface area contributed by atoms with Crippen molar-refractivity contribution in [2.45, 2.75) is 17.4 Å². The summed E-state index contributed by atoms with van der Waals surface area (Å²) < 4.78 is 39.6. The van der Waals surface area contributed by atoms with Crippen molar-refractivity contribution in [3.05, 3.63) is 65.5 Å². The van der Waals surface area contributed by atoms with E-state index < -0.39 is 11.6 Å². The normalized spacial score (nSPS) is 12.4. The van der Waals surface area contributed by atoms with E-state index in [0.29, 0.717) is 5.75 Å². The highest BCUT2D eigenvalue weighted by Crippen LogP contribution is 2.21. The zero-order valence-electron chi connectivity index (χ0n) is 11.2. The lowest BCUT2D eigenvalue weighted by Crippen LogP contribution is -2.38. The quantitative estimate of drug-likeness (QED) is 0.488. The fourth-order valence-corrected chi connectivity index (χ4v) is 2.80. The molecular formula is C15H15F3N2S. The molecule has 3 N–H and O–H groups in total. The second kappa shape index (κ2) is 7.49. The summed E-state index contributed by atoms with van der Waals surface area (Å²) in [7, 11) is 0. The first-order chi connectivity index (χ1) is 10.1. The monoisotopic (exact) mass is 312 g/mol. The van der Waals surface area contributed by atoms with Crippen LogP contribution in [0.15, 0.2) is 47.4 Å². The third-order valence-corrected chi connectivity index (χ3v) is 4.17. The highest BCUT2D eigenvalue weighted by Gasteiger charge is 2.14. The van der Waals surface area contributed by atoms with Crippen molar-refractivity contribution in [3.8, 4) is 0 Å². The first-order valence-corrected chi connectivity index (χ1v) is 7.36. The molecule has 0 aromatic heterocycles. The topological polar surface area (TPSA) is 38.0 Å². The van der Waals surface area contributed by atoms with Crippen molar-refractivity contribution in [1.29, 1.82) is 0 Å². The van der Waals surface area contributed by atoms with Crippen molar-refractivity contribution in [1.82, 2.24) is 5.43 Å². The summed E-state index contributed by atoms with van der Waals surface area (Å²) in [5.41, 5.74) is 2.87. The van der Waals surface area contributed by atoms with Gasteiger partial charge in [-0.3, -0.25) is 11.3 Å². The third-order valence-electron chi connectivity index (χ3n) is 3.00. The molecule has 2 nitrogen and oxygen atoms in total. The summed E-state index contributed by atoms with van der Waals surface area (Å²) in [5.74, 6) is 4.01. The van der Waals surface area contributed by atoms with Crippen LogP contribution in [0.4, 0.5) is 13.2 Å². The van der Waals surface area contributed by atoms with E-state index in [1.54, 1.807) is 12.1 Å². The lowest BCUT2D eigenvalue weighted by atomic mass is 10.1. The van der Waals surface area contributed by atoms with Gasteiger partial charge < -0.3 is 0 Å². The number of nitrogens with two attached hydrogens (primary N) is 1. The summed E-state index contributed by atoms with van der Waals surface area (Å²) in [4.78, 5) is 0.886. The Labute approximate surface area is 125 Å². The van der Waals surface area contributed by atoms with Gasteiger partial charge in [0.2, 0.25) is 0 Å². The number of thioether (sulfide) groups is 1. The standard InChI is InChI=1S/C15H15F3N2S/c16-11-4-6-13(7-5-11)21-9-12(20-19)8-10-2-1-3-14(17)15(10)18/h1-7,12,20H,8-9,19H2. The van der Waals surface area contributed by atoms with Gasteiger partial charge in [-0.1, -0.05) is 12.1 Å². The third kappa shape index (κ3) is 4.49. The van der Waals surface area contributed by atoms with E-state index in [9.17, 15) is 13.2 Å². The summed E-state index contributed by atoms with van der Waals surface area (Å²) in [6.45, 7) is 0. The van der Waals surface area contributed by atoms with Crippen LogP contribution >= 0.6 is 11.8 Å². The molecule has 0 saturated heterocycles. The average molecular weight is 312 g/mol. The maximum atomic E-state index is 13.6. The second-order valence-electron chi connectivity index (χ2n) is 4.55. The summed E-state index contributed by atoms with van der Waals surface area (Å²) in [5, 5.41) is 0. The Morgan fingerprint density at radius 3 is 2.43 bits per heavy atom. The molecule has 0 amide bonds. The molecule has 112 valence electrons. The molecule has 0 spiro atoms. The second-order valence-corrected chi connectivity index (χ2v) is 5.64. The number of hydrogen-bond donors (Lipinski definition) is 2. The van der Waals surface area contributed by atoms with Crippen LogP contribution < -0.4 is 11.3 Å². The van der Waals surface area contributed by atoms with Crippen molar-refractivity contribution in [3.63, 3.8) is 0 Å². The van der Waals surface area contributed by atoms with E-state index in [2.05, 4.69) is 5.43 Å². The highest BCUT2D eigenvalue weighted by molar-refractivity contribution is 7.99. The Balaban J connectivity index is 1.97. The highest BCUT2D eigenvalue weighted by atomic mass is 32.2. The summed E-state index contributed by atoms with van der Waals surface area (Å²) in [6.07, 6.45) is 0.272. The molecule has 21 heavy (non-hydrogen) atoms. The van der Waals surface area contributed by atoms with Gasteiger partial charge in [0.15, 0.2) is 11.6 Å². The molecule has 2 rings (SSSR count). The molecule has 0 radical (unpaired) electrons.